The predicted octanol–water partition coefficient (Wildman–Crippen LogP) is 8.07. The molecule has 0 radical (unpaired) electrons. The van der Waals surface area contributed by atoms with Crippen LogP contribution < -0.4 is 0 Å². The van der Waals surface area contributed by atoms with E-state index in [-0.39, 0.29) is 0 Å². The highest BCUT2D eigenvalue weighted by atomic mass is 35.5. The van der Waals surface area contributed by atoms with E-state index in [0.29, 0.717) is 17.0 Å². The molecule has 0 aliphatic rings. The molecule has 0 N–H and O–H groups in total. The van der Waals surface area contributed by atoms with E-state index in [2.05, 4.69) is 70.2 Å². The number of hydrogen-bond donors (Lipinski definition) is 0. The van der Waals surface area contributed by atoms with Crippen LogP contribution in [-0.4, -0.2) is 5.17 Å². The van der Waals surface area contributed by atoms with Gasteiger partial charge in [0, 0.05) is 5.56 Å². The van der Waals surface area contributed by atoms with E-state index < -0.39 is 0 Å². The molecule has 3 aromatic rings. The topological polar surface area (TPSA) is 12.4 Å². The van der Waals surface area contributed by atoms with Gasteiger partial charge in [-0.05, 0) is 59.1 Å². The summed E-state index contributed by atoms with van der Waals surface area (Å²) in [4.78, 5) is 4.95. The van der Waals surface area contributed by atoms with E-state index in [1.807, 2.05) is 30.3 Å². The molecule has 2 heteroatoms. The maximum atomic E-state index is 6.66. The van der Waals surface area contributed by atoms with Crippen LogP contribution in [0.3, 0.4) is 0 Å². The highest BCUT2D eigenvalue weighted by Crippen LogP contribution is 2.35. The van der Waals surface area contributed by atoms with Crippen molar-refractivity contribution in [1.82, 2.24) is 0 Å². The summed E-state index contributed by atoms with van der Waals surface area (Å²) in [7, 11) is 0. The van der Waals surface area contributed by atoms with Gasteiger partial charge in [0.15, 0.2) is 0 Å². The van der Waals surface area contributed by atoms with Crippen molar-refractivity contribution in [1.29, 1.82) is 0 Å². The Morgan fingerprint density at radius 2 is 1.21 bits per heavy atom. The minimum atomic E-state index is 0.539. The fraction of sp³-hybridized carbons (Fsp3) is 0.296. The maximum Gasteiger partial charge on any atom is 0.136 e. The number of halogens is 1. The fourth-order valence-electron chi connectivity index (χ4n) is 3.63. The molecule has 0 saturated carbocycles. The summed E-state index contributed by atoms with van der Waals surface area (Å²) < 4.78 is 0. The minimum absolute atomic E-state index is 0.539. The average Bonchev–Trinajstić information content (AvgIpc) is 2.70. The zero-order valence-corrected chi connectivity index (χ0v) is 18.6. The molecule has 0 aliphatic carbocycles. The molecule has 3 aromatic carbocycles. The molecule has 1 nitrogen and oxygen atoms in total. The summed E-state index contributed by atoms with van der Waals surface area (Å²) in [5.74, 6) is 1.08. The molecule has 0 amide bonds. The van der Waals surface area contributed by atoms with Crippen molar-refractivity contribution in [3.8, 4) is 11.1 Å². The summed E-state index contributed by atoms with van der Waals surface area (Å²) >= 11 is 6.66. The second-order valence-corrected chi connectivity index (χ2v) is 8.83. The summed E-state index contributed by atoms with van der Waals surface area (Å²) in [5, 5.41) is 0.549. The Kier molecular flexibility index (Phi) is 7.28. The van der Waals surface area contributed by atoms with E-state index in [4.69, 9.17) is 16.6 Å². The lowest BCUT2D eigenvalue weighted by Gasteiger charge is -2.18. The lowest BCUT2D eigenvalue weighted by molar-refractivity contribution is 0.637. The predicted molar refractivity (Wildman–Crippen MR) is 127 cm³/mol. The molecular weight excluding hydrogens is 374 g/mol. The smallest absolute Gasteiger partial charge is 0.136 e. The molecule has 0 aliphatic heterocycles. The van der Waals surface area contributed by atoms with Crippen LogP contribution in [0, 0.1) is 11.8 Å². The van der Waals surface area contributed by atoms with Gasteiger partial charge in [-0.25, -0.2) is 4.99 Å². The normalized spacial score (nSPS) is 12.0. The van der Waals surface area contributed by atoms with Gasteiger partial charge in [-0.2, -0.15) is 0 Å². The van der Waals surface area contributed by atoms with Crippen molar-refractivity contribution < 1.29 is 0 Å². The van der Waals surface area contributed by atoms with Crippen LogP contribution in [0.4, 0.5) is 5.69 Å². The van der Waals surface area contributed by atoms with E-state index in [9.17, 15) is 0 Å². The molecule has 0 unspecified atom stereocenters. The van der Waals surface area contributed by atoms with Crippen LogP contribution in [0.1, 0.15) is 44.4 Å². The van der Waals surface area contributed by atoms with Crippen LogP contribution in [0.15, 0.2) is 77.8 Å². The van der Waals surface area contributed by atoms with Crippen molar-refractivity contribution in [3.63, 3.8) is 0 Å². The molecule has 0 fully saturated rings. The molecule has 29 heavy (non-hydrogen) atoms. The van der Waals surface area contributed by atoms with Gasteiger partial charge in [-0.15, -0.1) is 0 Å². The molecule has 0 heterocycles. The molecule has 3 rings (SSSR count). The molecular formula is C27H30ClN. The summed E-state index contributed by atoms with van der Waals surface area (Å²) in [5.41, 5.74) is 7.03. The average molecular weight is 404 g/mol. The number of hydrogen-bond acceptors (Lipinski definition) is 1. The molecule has 0 atom stereocenters. The first-order chi connectivity index (χ1) is 13.9. The van der Waals surface area contributed by atoms with E-state index >= 15 is 0 Å². The van der Waals surface area contributed by atoms with Crippen molar-refractivity contribution in [2.45, 2.75) is 40.5 Å². The minimum Gasteiger partial charge on any atom is -0.236 e. The summed E-state index contributed by atoms with van der Waals surface area (Å²) in [6.45, 7) is 9.01. The quantitative estimate of drug-likeness (QED) is 0.353. The first-order valence-corrected chi connectivity index (χ1v) is 10.8. The Morgan fingerprint density at radius 1 is 0.724 bits per heavy atom. The Balaban J connectivity index is 2.18. The lowest BCUT2D eigenvalue weighted by Crippen LogP contribution is -2.02. The maximum absolute atomic E-state index is 6.66. The third-order valence-corrected chi connectivity index (χ3v) is 5.16. The highest BCUT2D eigenvalue weighted by Gasteiger charge is 2.15. The molecule has 0 spiro atoms. The molecule has 0 saturated heterocycles. The monoisotopic (exact) mass is 403 g/mol. The molecule has 0 aromatic heterocycles. The zero-order chi connectivity index (χ0) is 20.8. The van der Waals surface area contributed by atoms with Gasteiger partial charge in [0.25, 0.3) is 0 Å². The van der Waals surface area contributed by atoms with Crippen molar-refractivity contribution in [2.24, 2.45) is 16.8 Å². The summed E-state index contributed by atoms with van der Waals surface area (Å²) in [6.07, 6.45) is 1.95. The number of benzene rings is 3. The highest BCUT2D eigenvalue weighted by molar-refractivity contribution is 6.69. The van der Waals surface area contributed by atoms with Gasteiger partial charge in [-0.1, -0.05) is 100.0 Å². The van der Waals surface area contributed by atoms with E-state index in [1.54, 1.807) is 0 Å². The van der Waals surface area contributed by atoms with Crippen molar-refractivity contribution in [2.75, 3.05) is 0 Å². The summed E-state index contributed by atoms with van der Waals surface area (Å²) in [6, 6.07) is 25.2. The number of nitrogens with zero attached hydrogens (tertiary/aromatic N) is 1. The Morgan fingerprint density at radius 3 is 1.69 bits per heavy atom. The van der Waals surface area contributed by atoms with Gasteiger partial charge in [0.1, 0.15) is 5.17 Å². The van der Waals surface area contributed by atoms with Crippen LogP contribution >= 0.6 is 11.6 Å². The van der Waals surface area contributed by atoms with Gasteiger partial charge in [0.2, 0.25) is 0 Å². The van der Waals surface area contributed by atoms with Gasteiger partial charge in [-0.3, -0.25) is 0 Å². The molecule has 0 bridgehead atoms. The lowest BCUT2D eigenvalue weighted by atomic mass is 9.90. The van der Waals surface area contributed by atoms with Crippen molar-refractivity contribution in [3.05, 3.63) is 89.5 Å². The second-order valence-electron chi connectivity index (χ2n) is 8.47. The van der Waals surface area contributed by atoms with Crippen LogP contribution in [-0.2, 0) is 12.8 Å². The van der Waals surface area contributed by atoms with Crippen LogP contribution in [0.5, 0.6) is 0 Å². The zero-order valence-electron chi connectivity index (χ0n) is 17.8. The third kappa shape index (κ3) is 5.81. The first kappa shape index (κ1) is 21.3. The van der Waals surface area contributed by atoms with E-state index in [1.165, 1.54) is 22.3 Å². The number of rotatable bonds is 7. The van der Waals surface area contributed by atoms with Crippen LogP contribution in [0.2, 0.25) is 0 Å². The Labute approximate surface area is 180 Å². The third-order valence-electron chi connectivity index (χ3n) is 4.85. The standard InChI is InChI=1S/C27H30ClN/c1-19(2)15-24-17-23(21-11-7-5-8-12-21)18-25(16-20(3)4)26(24)29-27(28)22-13-9-6-10-14-22/h5-14,17-20H,15-16H2,1-4H3/b29-27-. The van der Waals surface area contributed by atoms with E-state index in [0.717, 1.165) is 24.1 Å². The van der Waals surface area contributed by atoms with Gasteiger partial charge < -0.3 is 0 Å². The number of aliphatic imine (C=N–C) groups is 1. The van der Waals surface area contributed by atoms with Gasteiger partial charge >= 0.3 is 0 Å². The SMILES string of the molecule is CC(C)Cc1cc(-c2ccccc2)cc(CC(C)C)c1/N=C(\Cl)c1ccccc1. The Hall–Kier alpha value is -2.38. The van der Waals surface area contributed by atoms with Crippen molar-refractivity contribution >= 4 is 22.5 Å². The van der Waals surface area contributed by atoms with Gasteiger partial charge in [0.05, 0.1) is 5.69 Å². The first-order valence-electron chi connectivity index (χ1n) is 10.4. The Bertz CT molecular complexity index is 925. The second kappa shape index (κ2) is 9.89. The largest absolute Gasteiger partial charge is 0.236 e. The molecule has 150 valence electrons. The fourth-order valence-corrected chi connectivity index (χ4v) is 3.84. The van der Waals surface area contributed by atoms with Crippen LogP contribution in [0.25, 0.3) is 11.1 Å².